The van der Waals surface area contributed by atoms with Gasteiger partial charge in [0.15, 0.2) is 0 Å². The van der Waals surface area contributed by atoms with Crippen LogP contribution in [-0.4, -0.2) is 25.3 Å². The average molecular weight is 579 g/mol. The van der Waals surface area contributed by atoms with E-state index < -0.39 is 12.2 Å². The molecule has 0 saturated heterocycles. The molecule has 4 aromatic rings. The minimum atomic E-state index is -0.595. The summed E-state index contributed by atoms with van der Waals surface area (Å²) in [6, 6.07) is 20.5. The van der Waals surface area contributed by atoms with Gasteiger partial charge >= 0.3 is 12.2 Å². The Labute approximate surface area is 216 Å². The number of halogens is 1. The van der Waals surface area contributed by atoms with Crippen molar-refractivity contribution in [3.63, 3.8) is 0 Å². The number of carbonyl (C=O) groups is 2. The first-order valence-corrected chi connectivity index (χ1v) is 12.1. The van der Waals surface area contributed by atoms with Crippen molar-refractivity contribution in [1.29, 1.82) is 5.26 Å². The fourth-order valence-corrected chi connectivity index (χ4v) is 4.42. The van der Waals surface area contributed by atoms with Crippen LogP contribution in [0.1, 0.15) is 19.4 Å². The van der Waals surface area contributed by atoms with E-state index in [1.165, 1.54) is 0 Å². The molecule has 0 aromatic heterocycles. The molecule has 0 aliphatic carbocycles. The Hall–Kier alpha value is -3.84. The monoisotopic (exact) mass is 579 g/mol. The smallest absolute Gasteiger partial charge is 0.410 e. The standard InChI is InChI=1S/C27H22IN3O4/c1-3-30-26(32)34-22-11-6-17-13-16(15-29)5-9-20(17)24(22)25-21-10-8-19(28)14-18(21)7-12-23(25)35-27(33)31-4-2/h5-14H,3-4H2,1-2H3,(H,30,32)(H,31,33). The zero-order valence-electron chi connectivity index (χ0n) is 19.1. The van der Waals surface area contributed by atoms with Crippen LogP contribution in [0.5, 0.6) is 11.5 Å². The van der Waals surface area contributed by atoms with Crippen LogP contribution in [0.2, 0.25) is 0 Å². The first-order chi connectivity index (χ1) is 16.9. The zero-order valence-corrected chi connectivity index (χ0v) is 21.3. The molecule has 0 atom stereocenters. The lowest BCUT2D eigenvalue weighted by atomic mass is 9.91. The van der Waals surface area contributed by atoms with Gasteiger partial charge in [-0.3, -0.25) is 0 Å². The molecule has 4 aromatic carbocycles. The summed E-state index contributed by atoms with van der Waals surface area (Å²) in [7, 11) is 0. The number of nitrogens with one attached hydrogen (secondary N) is 2. The molecule has 35 heavy (non-hydrogen) atoms. The van der Waals surface area contributed by atoms with Crippen LogP contribution >= 0.6 is 22.6 Å². The van der Waals surface area contributed by atoms with Gasteiger partial charge in [-0.15, -0.1) is 0 Å². The van der Waals surface area contributed by atoms with Crippen molar-refractivity contribution in [2.24, 2.45) is 0 Å². The summed E-state index contributed by atoms with van der Waals surface area (Å²) in [4.78, 5) is 24.8. The largest absolute Gasteiger partial charge is 0.412 e. The highest BCUT2D eigenvalue weighted by Gasteiger charge is 2.22. The van der Waals surface area contributed by atoms with E-state index in [-0.39, 0.29) is 0 Å². The molecule has 0 bridgehead atoms. The van der Waals surface area contributed by atoms with E-state index in [2.05, 4.69) is 39.3 Å². The Morgan fingerprint density at radius 1 is 0.800 bits per heavy atom. The summed E-state index contributed by atoms with van der Waals surface area (Å²) in [5, 5.41) is 18.0. The van der Waals surface area contributed by atoms with Crippen LogP contribution in [0.3, 0.4) is 0 Å². The lowest BCUT2D eigenvalue weighted by Gasteiger charge is -2.19. The molecule has 0 fully saturated rings. The molecule has 0 heterocycles. The second-order valence-corrected chi connectivity index (χ2v) is 8.88. The average Bonchev–Trinajstić information content (AvgIpc) is 2.84. The van der Waals surface area contributed by atoms with Gasteiger partial charge in [-0.25, -0.2) is 9.59 Å². The maximum atomic E-state index is 12.4. The number of nitriles is 1. The van der Waals surface area contributed by atoms with E-state index in [0.717, 1.165) is 25.1 Å². The number of fused-ring (bicyclic) bond motifs is 2. The predicted octanol–water partition coefficient (Wildman–Crippen LogP) is 6.35. The molecular weight excluding hydrogens is 557 g/mol. The number of hydrogen-bond donors (Lipinski definition) is 2. The number of hydrogen-bond acceptors (Lipinski definition) is 5. The van der Waals surface area contributed by atoms with E-state index in [0.29, 0.717) is 41.3 Å². The van der Waals surface area contributed by atoms with Crippen LogP contribution in [-0.2, 0) is 0 Å². The Morgan fingerprint density at radius 3 is 1.83 bits per heavy atom. The second-order valence-electron chi connectivity index (χ2n) is 7.63. The van der Waals surface area contributed by atoms with Gasteiger partial charge in [0.2, 0.25) is 0 Å². The van der Waals surface area contributed by atoms with Gasteiger partial charge in [-0.1, -0.05) is 24.3 Å². The Bertz CT molecular complexity index is 1490. The summed E-state index contributed by atoms with van der Waals surface area (Å²) in [5.74, 6) is 0.627. The summed E-state index contributed by atoms with van der Waals surface area (Å²) in [6.07, 6.45) is -1.18. The number of benzene rings is 4. The molecule has 0 unspecified atom stereocenters. The number of ether oxygens (including phenoxy) is 2. The molecule has 2 amide bonds. The van der Waals surface area contributed by atoms with E-state index in [4.69, 9.17) is 9.47 Å². The quantitative estimate of drug-likeness (QED) is 0.269. The molecule has 4 rings (SSSR count). The second kappa shape index (κ2) is 10.6. The molecule has 0 aliphatic heterocycles. The van der Waals surface area contributed by atoms with E-state index in [1.54, 1.807) is 44.2 Å². The van der Waals surface area contributed by atoms with Gasteiger partial charge in [0.05, 0.1) is 11.6 Å². The molecule has 0 spiro atoms. The molecule has 0 radical (unpaired) electrons. The SMILES string of the molecule is CCNC(=O)Oc1ccc2cc(I)ccc2c1-c1c(OC(=O)NCC)ccc2cc(C#N)ccc12. The van der Waals surface area contributed by atoms with Crippen molar-refractivity contribution in [2.75, 3.05) is 13.1 Å². The lowest BCUT2D eigenvalue weighted by molar-refractivity contribution is 0.199. The summed E-state index contributed by atoms with van der Waals surface area (Å²) >= 11 is 2.24. The first kappa shape index (κ1) is 24.3. The van der Waals surface area contributed by atoms with Crippen LogP contribution in [0.4, 0.5) is 9.59 Å². The van der Waals surface area contributed by atoms with E-state index >= 15 is 0 Å². The summed E-state index contributed by atoms with van der Waals surface area (Å²) < 4.78 is 12.5. The third-order valence-electron chi connectivity index (χ3n) is 5.35. The number of rotatable bonds is 5. The highest BCUT2D eigenvalue weighted by Crippen LogP contribution is 2.46. The van der Waals surface area contributed by atoms with Crippen molar-refractivity contribution in [2.45, 2.75) is 13.8 Å². The maximum Gasteiger partial charge on any atom is 0.412 e. The lowest BCUT2D eigenvalue weighted by Crippen LogP contribution is -2.27. The number of amides is 2. The van der Waals surface area contributed by atoms with E-state index in [9.17, 15) is 14.9 Å². The van der Waals surface area contributed by atoms with E-state index in [1.807, 2.05) is 30.3 Å². The molecule has 2 N–H and O–H groups in total. The van der Waals surface area contributed by atoms with Crippen molar-refractivity contribution < 1.29 is 19.1 Å². The van der Waals surface area contributed by atoms with Crippen molar-refractivity contribution in [1.82, 2.24) is 10.6 Å². The van der Waals surface area contributed by atoms with Crippen LogP contribution in [0.25, 0.3) is 32.7 Å². The number of carbonyl (C=O) groups excluding carboxylic acids is 2. The molecule has 0 aliphatic rings. The minimum absolute atomic E-state index is 0.306. The molecule has 7 nitrogen and oxygen atoms in total. The van der Waals surface area contributed by atoms with Crippen molar-refractivity contribution >= 4 is 56.3 Å². The van der Waals surface area contributed by atoms with Crippen LogP contribution < -0.4 is 20.1 Å². The van der Waals surface area contributed by atoms with Crippen molar-refractivity contribution in [3.05, 3.63) is 69.8 Å². The predicted molar refractivity (Wildman–Crippen MR) is 144 cm³/mol. The van der Waals surface area contributed by atoms with Crippen molar-refractivity contribution in [3.8, 4) is 28.7 Å². The normalized spacial score (nSPS) is 10.6. The van der Waals surface area contributed by atoms with Gasteiger partial charge in [0.1, 0.15) is 11.5 Å². The fraction of sp³-hybridized carbons (Fsp3) is 0.148. The fourth-order valence-electron chi connectivity index (χ4n) is 3.91. The maximum absolute atomic E-state index is 12.4. The van der Waals surface area contributed by atoms with Gasteiger partial charge in [-0.2, -0.15) is 5.26 Å². The first-order valence-electron chi connectivity index (χ1n) is 11.1. The van der Waals surface area contributed by atoms with Gasteiger partial charge < -0.3 is 20.1 Å². The minimum Gasteiger partial charge on any atom is -0.410 e. The van der Waals surface area contributed by atoms with Gasteiger partial charge in [0, 0.05) is 27.8 Å². The van der Waals surface area contributed by atoms with Gasteiger partial charge in [0.25, 0.3) is 0 Å². The molecule has 0 saturated carbocycles. The highest BCUT2D eigenvalue weighted by atomic mass is 127. The molecule has 8 heteroatoms. The van der Waals surface area contributed by atoms with Crippen LogP contribution in [0, 0.1) is 14.9 Å². The Morgan fingerprint density at radius 2 is 1.31 bits per heavy atom. The van der Waals surface area contributed by atoms with Crippen LogP contribution in [0.15, 0.2) is 60.7 Å². The third-order valence-corrected chi connectivity index (χ3v) is 6.02. The highest BCUT2D eigenvalue weighted by molar-refractivity contribution is 14.1. The summed E-state index contributed by atoms with van der Waals surface area (Å²) in [5.41, 5.74) is 1.70. The number of nitrogens with zero attached hydrogens (tertiary/aromatic N) is 1. The topological polar surface area (TPSA) is 100 Å². The Balaban J connectivity index is 2.07. The molecular formula is C27H22IN3O4. The third kappa shape index (κ3) is 5.15. The Kier molecular flexibility index (Phi) is 7.36. The summed E-state index contributed by atoms with van der Waals surface area (Å²) in [6.45, 7) is 4.43. The van der Waals surface area contributed by atoms with Gasteiger partial charge in [-0.05, 0) is 94.4 Å². The zero-order chi connectivity index (χ0) is 24.9. The molecule has 176 valence electrons.